The molecule has 21 heavy (non-hydrogen) atoms. The molecule has 0 radical (unpaired) electrons. The van der Waals surface area contributed by atoms with Gasteiger partial charge in [-0.1, -0.05) is 6.92 Å². The zero-order valence-corrected chi connectivity index (χ0v) is 13.6. The number of thiophene rings is 1. The van der Waals surface area contributed by atoms with Gasteiger partial charge >= 0.3 is 0 Å². The smallest absolute Gasteiger partial charge is 0.128 e. The molecular formula is C16H16ClFN2S. The van der Waals surface area contributed by atoms with Gasteiger partial charge in [0.25, 0.3) is 0 Å². The second kappa shape index (κ2) is 5.78. The van der Waals surface area contributed by atoms with Gasteiger partial charge < -0.3 is 4.57 Å². The van der Waals surface area contributed by atoms with Crippen molar-refractivity contribution < 1.29 is 4.39 Å². The van der Waals surface area contributed by atoms with Crippen LogP contribution in [0.3, 0.4) is 0 Å². The number of hydrogen-bond acceptors (Lipinski definition) is 2. The van der Waals surface area contributed by atoms with Gasteiger partial charge in [0.2, 0.25) is 0 Å². The number of aromatic nitrogens is 2. The molecule has 2 heterocycles. The number of hydrogen-bond donors (Lipinski definition) is 0. The Morgan fingerprint density at radius 2 is 2.05 bits per heavy atom. The average molecular weight is 323 g/mol. The van der Waals surface area contributed by atoms with Crippen LogP contribution in [0, 0.1) is 12.7 Å². The van der Waals surface area contributed by atoms with Crippen LogP contribution in [-0.4, -0.2) is 9.55 Å². The summed E-state index contributed by atoms with van der Waals surface area (Å²) in [5, 5.41) is 0. The molecule has 5 heteroatoms. The highest BCUT2D eigenvalue weighted by atomic mass is 35.5. The summed E-state index contributed by atoms with van der Waals surface area (Å²) in [6.45, 7) is 4.65. The highest BCUT2D eigenvalue weighted by Gasteiger charge is 2.13. The summed E-state index contributed by atoms with van der Waals surface area (Å²) in [5.41, 5.74) is 2.24. The largest absolute Gasteiger partial charge is 0.322 e. The van der Waals surface area contributed by atoms with Crippen molar-refractivity contribution in [1.82, 2.24) is 9.55 Å². The van der Waals surface area contributed by atoms with Crippen LogP contribution in [0.25, 0.3) is 11.0 Å². The average Bonchev–Trinajstić information content (AvgIpc) is 3.05. The molecule has 0 aliphatic rings. The highest BCUT2D eigenvalue weighted by molar-refractivity contribution is 7.11. The number of halogens is 2. The van der Waals surface area contributed by atoms with Crippen LogP contribution in [-0.2, 0) is 18.8 Å². The van der Waals surface area contributed by atoms with Gasteiger partial charge in [0.05, 0.1) is 23.5 Å². The first kappa shape index (κ1) is 14.5. The number of imidazole rings is 1. The van der Waals surface area contributed by atoms with Crippen molar-refractivity contribution in [3.05, 3.63) is 51.2 Å². The predicted octanol–water partition coefficient (Wildman–Crippen LogP) is 4.89. The van der Waals surface area contributed by atoms with Gasteiger partial charge in [-0.3, -0.25) is 0 Å². The third kappa shape index (κ3) is 2.70. The zero-order valence-electron chi connectivity index (χ0n) is 12.0. The summed E-state index contributed by atoms with van der Waals surface area (Å²) >= 11 is 7.81. The lowest BCUT2D eigenvalue weighted by Gasteiger charge is -2.06. The van der Waals surface area contributed by atoms with Crippen molar-refractivity contribution in [1.29, 1.82) is 0 Å². The molecule has 0 saturated carbocycles. The van der Waals surface area contributed by atoms with Crippen LogP contribution in [0.1, 0.15) is 28.1 Å². The molecule has 0 N–H and O–H groups in total. The van der Waals surface area contributed by atoms with E-state index >= 15 is 0 Å². The third-order valence-corrected chi connectivity index (χ3v) is 5.06. The van der Waals surface area contributed by atoms with Crippen molar-refractivity contribution >= 4 is 34.0 Å². The first-order chi connectivity index (χ1) is 10.1. The molecule has 0 amide bonds. The summed E-state index contributed by atoms with van der Waals surface area (Å²) < 4.78 is 15.8. The molecule has 2 nitrogen and oxygen atoms in total. The van der Waals surface area contributed by atoms with Gasteiger partial charge in [-0.05, 0) is 37.1 Å². The summed E-state index contributed by atoms with van der Waals surface area (Å²) in [4.78, 5) is 7.08. The molecule has 1 aromatic carbocycles. The normalized spacial score (nSPS) is 11.4. The van der Waals surface area contributed by atoms with Gasteiger partial charge in [0, 0.05) is 15.8 Å². The fraction of sp³-hybridized carbons (Fsp3) is 0.312. The van der Waals surface area contributed by atoms with Crippen molar-refractivity contribution in [2.45, 2.75) is 32.7 Å². The number of aryl methyl sites for hydroxylation is 2. The van der Waals surface area contributed by atoms with E-state index < -0.39 is 0 Å². The third-order valence-electron chi connectivity index (χ3n) is 3.61. The Labute approximate surface area is 132 Å². The second-order valence-corrected chi connectivity index (χ2v) is 6.58. The highest BCUT2D eigenvalue weighted by Crippen LogP contribution is 2.25. The molecule has 0 aliphatic heterocycles. The van der Waals surface area contributed by atoms with E-state index in [9.17, 15) is 4.39 Å². The summed E-state index contributed by atoms with van der Waals surface area (Å²) in [6, 6.07) is 7.64. The van der Waals surface area contributed by atoms with Crippen LogP contribution < -0.4 is 0 Å². The molecule has 0 bridgehead atoms. The molecule has 0 fully saturated rings. The van der Waals surface area contributed by atoms with E-state index in [1.165, 1.54) is 15.8 Å². The van der Waals surface area contributed by atoms with Gasteiger partial charge in [-0.15, -0.1) is 22.9 Å². The summed E-state index contributed by atoms with van der Waals surface area (Å²) in [6.07, 6.45) is 1.04. The van der Waals surface area contributed by atoms with Gasteiger partial charge in [-0.25, -0.2) is 9.37 Å². The first-order valence-corrected chi connectivity index (χ1v) is 8.26. The minimum Gasteiger partial charge on any atom is -0.322 e. The lowest BCUT2D eigenvalue weighted by molar-refractivity contribution is 0.620. The molecule has 3 aromatic rings. The monoisotopic (exact) mass is 322 g/mol. The van der Waals surface area contributed by atoms with E-state index in [0.717, 1.165) is 24.3 Å². The molecule has 0 saturated heterocycles. The Morgan fingerprint density at radius 1 is 1.29 bits per heavy atom. The van der Waals surface area contributed by atoms with E-state index in [0.29, 0.717) is 17.0 Å². The number of nitrogens with zero attached hydrogens (tertiary/aromatic N) is 2. The molecule has 2 aromatic heterocycles. The van der Waals surface area contributed by atoms with Gasteiger partial charge in [-0.2, -0.15) is 0 Å². The van der Waals surface area contributed by atoms with E-state index in [-0.39, 0.29) is 5.82 Å². The molecule has 3 rings (SSSR count). The van der Waals surface area contributed by atoms with E-state index in [1.807, 2.05) is 6.07 Å². The fourth-order valence-corrected chi connectivity index (χ4v) is 3.58. The van der Waals surface area contributed by atoms with Crippen LogP contribution in [0.4, 0.5) is 4.39 Å². The number of fused-ring (bicyclic) bond motifs is 1. The SMILES string of the molecule is CCc1ccc(Cn2c(CCl)nc3cc(F)c(C)cc32)s1. The van der Waals surface area contributed by atoms with E-state index in [1.54, 1.807) is 18.3 Å². The Hall–Kier alpha value is -1.39. The minimum absolute atomic E-state index is 0.224. The van der Waals surface area contributed by atoms with Crippen LogP contribution >= 0.6 is 22.9 Å². The number of rotatable bonds is 4. The topological polar surface area (TPSA) is 17.8 Å². The first-order valence-electron chi connectivity index (χ1n) is 6.91. The molecular weight excluding hydrogens is 307 g/mol. The fourth-order valence-electron chi connectivity index (χ4n) is 2.43. The number of alkyl halides is 1. The van der Waals surface area contributed by atoms with Gasteiger partial charge in [0.15, 0.2) is 0 Å². The van der Waals surface area contributed by atoms with E-state index in [2.05, 4.69) is 28.6 Å². The van der Waals surface area contributed by atoms with Crippen molar-refractivity contribution in [3.8, 4) is 0 Å². The van der Waals surface area contributed by atoms with Crippen molar-refractivity contribution in [3.63, 3.8) is 0 Å². The second-order valence-electron chi connectivity index (χ2n) is 5.06. The molecule has 0 atom stereocenters. The number of benzene rings is 1. The quantitative estimate of drug-likeness (QED) is 0.625. The molecule has 0 aliphatic carbocycles. The molecule has 0 unspecified atom stereocenters. The predicted molar refractivity (Wildman–Crippen MR) is 86.8 cm³/mol. The zero-order chi connectivity index (χ0) is 15.0. The Balaban J connectivity index is 2.09. The lowest BCUT2D eigenvalue weighted by atomic mass is 10.2. The standard InChI is InChI=1S/C16H16ClFN2S/c1-3-11-4-5-12(21-11)9-20-15-6-10(2)13(18)7-14(15)19-16(20)8-17/h4-7H,3,8-9H2,1-2H3. The lowest BCUT2D eigenvalue weighted by Crippen LogP contribution is -2.02. The maximum Gasteiger partial charge on any atom is 0.128 e. The van der Waals surface area contributed by atoms with Crippen molar-refractivity contribution in [2.75, 3.05) is 0 Å². The Morgan fingerprint density at radius 3 is 2.71 bits per heavy atom. The Kier molecular flexibility index (Phi) is 4.00. The van der Waals surface area contributed by atoms with E-state index in [4.69, 9.17) is 11.6 Å². The maximum absolute atomic E-state index is 13.7. The summed E-state index contributed by atoms with van der Waals surface area (Å²) in [7, 11) is 0. The van der Waals surface area contributed by atoms with Crippen LogP contribution in [0.2, 0.25) is 0 Å². The Bertz CT molecular complexity index is 791. The molecule has 110 valence electrons. The summed E-state index contributed by atoms with van der Waals surface area (Å²) in [5.74, 6) is 0.877. The molecule has 0 spiro atoms. The van der Waals surface area contributed by atoms with Crippen LogP contribution in [0.15, 0.2) is 24.3 Å². The van der Waals surface area contributed by atoms with Gasteiger partial charge in [0.1, 0.15) is 11.6 Å². The maximum atomic E-state index is 13.7. The van der Waals surface area contributed by atoms with Crippen molar-refractivity contribution in [2.24, 2.45) is 0 Å². The van der Waals surface area contributed by atoms with Crippen LogP contribution in [0.5, 0.6) is 0 Å². The minimum atomic E-state index is -0.224.